The number of halogens is 3. The van der Waals surface area contributed by atoms with Crippen LogP contribution in [0.5, 0.6) is 0 Å². The summed E-state index contributed by atoms with van der Waals surface area (Å²) in [6.07, 6.45) is 1.31. The number of hydrogen-bond acceptors (Lipinski definition) is 0. The fourth-order valence-electron chi connectivity index (χ4n) is 3.96. The van der Waals surface area contributed by atoms with Gasteiger partial charge in [-0.25, -0.2) is 13.2 Å². The van der Waals surface area contributed by atoms with Crippen LogP contribution in [0.2, 0.25) is 6.32 Å². The molecule has 0 nitrogen and oxygen atoms in total. The van der Waals surface area contributed by atoms with Gasteiger partial charge in [0.05, 0.1) is 6.15 Å². The zero-order valence-corrected chi connectivity index (χ0v) is 14.8. The van der Waals surface area contributed by atoms with Crippen LogP contribution in [0.25, 0.3) is 0 Å². The summed E-state index contributed by atoms with van der Waals surface area (Å²) in [5.41, 5.74) is 2.91. The zero-order chi connectivity index (χ0) is 18.6. The topological polar surface area (TPSA) is 0 Å². The first-order valence-corrected chi connectivity index (χ1v) is 9.01. The van der Waals surface area contributed by atoms with Crippen LogP contribution >= 0.6 is 0 Å². The summed E-state index contributed by atoms with van der Waals surface area (Å²) >= 11 is 0. The molecule has 3 aromatic carbocycles. The molecule has 3 rings (SSSR count). The Labute approximate surface area is 181 Å². The fourth-order valence-corrected chi connectivity index (χ4v) is 3.96. The van der Waals surface area contributed by atoms with Gasteiger partial charge in [-0.15, -0.1) is 0 Å². The second-order valence-corrected chi connectivity index (χ2v) is 6.84. The Morgan fingerprint density at radius 1 is 0.593 bits per heavy atom. The molecular weight excluding hydrogens is 355 g/mol. The molecule has 0 aliphatic rings. The Morgan fingerprint density at radius 2 is 0.889 bits per heavy atom. The van der Waals surface area contributed by atoms with E-state index in [1.54, 1.807) is 36.4 Å². The molecule has 0 unspecified atom stereocenters. The Balaban J connectivity index is 0.00000261. The minimum atomic E-state index is -1.46. The number of benzene rings is 3. The van der Waals surface area contributed by atoms with E-state index in [2.05, 4.69) is 6.92 Å². The van der Waals surface area contributed by atoms with Gasteiger partial charge in [0, 0.05) is 0 Å². The first-order valence-electron chi connectivity index (χ1n) is 9.01. The fraction of sp³-hybridized carbons (Fsp3) is 0.182. The van der Waals surface area contributed by atoms with Crippen molar-refractivity contribution >= 4 is 52.1 Å². The molecule has 0 bridgehead atoms. The van der Waals surface area contributed by atoms with Crippen molar-refractivity contribution in [2.75, 3.05) is 0 Å². The zero-order valence-electron chi connectivity index (χ0n) is 14.8. The molecule has 136 valence electrons. The van der Waals surface area contributed by atoms with Gasteiger partial charge < -0.3 is 0 Å². The Morgan fingerprint density at radius 3 is 1.15 bits per heavy atom. The van der Waals surface area contributed by atoms with E-state index in [9.17, 15) is 13.2 Å². The molecule has 0 heterocycles. The van der Waals surface area contributed by atoms with Crippen molar-refractivity contribution < 1.29 is 13.2 Å². The third kappa shape index (κ3) is 4.68. The second-order valence-electron chi connectivity index (χ2n) is 6.84. The number of unbranched alkanes of at least 4 members (excludes halogenated alkanes) is 1. The van der Waals surface area contributed by atoms with Crippen LogP contribution in [-0.2, 0) is 0 Å². The Kier molecular flexibility index (Phi) is 7.78. The van der Waals surface area contributed by atoms with Crippen molar-refractivity contribution in [3.63, 3.8) is 0 Å². The van der Waals surface area contributed by atoms with Crippen LogP contribution in [0, 0.1) is 17.5 Å². The van der Waals surface area contributed by atoms with Crippen LogP contribution in [0.4, 0.5) is 13.2 Å². The Bertz CT molecular complexity index is 735. The predicted octanol–water partition coefficient (Wildman–Crippen LogP) is 3.73. The third-order valence-electron chi connectivity index (χ3n) is 5.31. The summed E-state index contributed by atoms with van der Waals surface area (Å²) in [6.45, 7) is 2.11. The first kappa shape index (κ1) is 21.8. The molecule has 0 N–H and O–H groups in total. The van der Waals surface area contributed by atoms with Gasteiger partial charge in [0.1, 0.15) is 17.5 Å². The molecule has 0 atom stereocenters. The molecule has 5 heteroatoms. The summed E-state index contributed by atoms with van der Waals surface area (Å²) in [5, 5.41) is 0. The maximum atomic E-state index is 13.5. The van der Waals surface area contributed by atoms with Crippen LogP contribution in [-0.4, -0.2) is 35.7 Å². The van der Waals surface area contributed by atoms with Crippen molar-refractivity contribution in [1.82, 2.24) is 0 Å². The minimum absolute atomic E-state index is 0. The van der Waals surface area contributed by atoms with E-state index >= 15 is 0 Å². The van der Waals surface area contributed by atoms with E-state index in [0.717, 1.165) is 35.6 Å². The quantitative estimate of drug-likeness (QED) is 0.575. The second kappa shape index (κ2) is 9.63. The van der Waals surface area contributed by atoms with E-state index in [1.165, 1.54) is 36.4 Å². The van der Waals surface area contributed by atoms with Crippen molar-refractivity contribution in [1.29, 1.82) is 0 Å². The van der Waals surface area contributed by atoms with E-state index in [4.69, 9.17) is 0 Å². The molecule has 27 heavy (non-hydrogen) atoms. The maximum absolute atomic E-state index is 13.5. The predicted molar refractivity (Wildman–Crippen MR) is 111 cm³/mol. The van der Waals surface area contributed by atoms with Crippen LogP contribution < -0.4 is 16.4 Å². The van der Waals surface area contributed by atoms with Gasteiger partial charge in [-0.05, 0) is 36.4 Å². The summed E-state index contributed by atoms with van der Waals surface area (Å²) in [6, 6.07) is 19.4. The van der Waals surface area contributed by atoms with E-state index in [0.29, 0.717) is 0 Å². The molecule has 0 fully saturated rings. The monoisotopic (exact) mass is 377 g/mol. The van der Waals surface area contributed by atoms with E-state index in [1.807, 2.05) is 0 Å². The average Bonchev–Trinajstić information content (AvgIpc) is 2.66. The summed E-state index contributed by atoms with van der Waals surface area (Å²) in [7, 11) is 0. The molecule has 0 aromatic heterocycles. The van der Waals surface area contributed by atoms with Gasteiger partial charge in [-0.2, -0.15) is 22.7 Å². The Hall–Kier alpha value is -1.49. The van der Waals surface area contributed by atoms with Gasteiger partial charge in [-0.1, -0.05) is 56.2 Å². The molecule has 0 saturated heterocycles. The molecule has 0 aliphatic carbocycles. The van der Waals surface area contributed by atoms with Crippen LogP contribution in [0.15, 0.2) is 72.8 Å². The van der Waals surface area contributed by atoms with Gasteiger partial charge >= 0.3 is 29.6 Å². The van der Waals surface area contributed by atoms with Gasteiger partial charge in [-0.3, -0.25) is 0 Å². The molecular formula is C22H22BF3Na-. The summed E-state index contributed by atoms with van der Waals surface area (Å²) < 4.78 is 40.6. The number of rotatable bonds is 6. The summed E-state index contributed by atoms with van der Waals surface area (Å²) in [4.78, 5) is 0. The van der Waals surface area contributed by atoms with E-state index < -0.39 is 6.15 Å². The first-order chi connectivity index (χ1) is 12.6. The third-order valence-corrected chi connectivity index (χ3v) is 5.31. The standard InChI is InChI=1S/C22H21BF3.Na.H/c1-2-3-16-23(17-4-10-20(24)11-5-17,18-6-12-21(25)13-7-18)19-8-14-22(26)15-9-19;;/h4-15H,2-3,16H2,1H3;;/q-1;;. The van der Waals surface area contributed by atoms with Crippen LogP contribution in [0.3, 0.4) is 0 Å². The molecule has 0 saturated carbocycles. The molecule has 0 spiro atoms. The molecule has 0 aliphatic heterocycles. The van der Waals surface area contributed by atoms with Crippen molar-refractivity contribution in [3.05, 3.63) is 90.2 Å². The molecule has 3 aromatic rings. The summed E-state index contributed by atoms with van der Waals surface area (Å²) in [5.74, 6) is -0.897. The SMILES string of the molecule is CCCC[B-](c1ccc(F)cc1)(c1ccc(F)cc1)c1ccc(F)cc1.[NaH]. The molecule has 0 radical (unpaired) electrons. The van der Waals surface area contributed by atoms with Crippen molar-refractivity contribution in [3.8, 4) is 0 Å². The van der Waals surface area contributed by atoms with Gasteiger partial charge in [0.25, 0.3) is 0 Å². The van der Waals surface area contributed by atoms with E-state index in [-0.39, 0.29) is 47.0 Å². The van der Waals surface area contributed by atoms with Gasteiger partial charge in [0.2, 0.25) is 0 Å². The van der Waals surface area contributed by atoms with Crippen LogP contribution in [0.1, 0.15) is 19.8 Å². The molecule has 0 amide bonds. The number of hydrogen-bond donors (Lipinski definition) is 0. The average molecular weight is 377 g/mol. The van der Waals surface area contributed by atoms with Gasteiger partial charge in [0.15, 0.2) is 0 Å². The normalized spacial score (nSPS) is 11.1. The van der Waals surface area contributed by atoms with Crippen molar-refractivity contribution in [2.24, 2.45) is 0 Å². The van der Waals surface area contributed by atoms with Crippen molar-refractivity contribution in [2.45, 2.75) is 26.1 Å².